The number of hydrogen-bond donors (Lipinski definition) is 0. The van der Waals surface area contributed by atoms with E-state index < -0.39 is 11.7 Å². The van der Waals surface area contributed by atoms with Crippen LogP contribution in [0.1, 0.15) is 81.3 Å². The maximum absolute atomic E-state index is 14.3. The lowest BCUT2D eigenvalue weighted by Gasteiger charge is -2.37. The smallest absolute Gasteiger partial charge is 0.134 e. The van der Waals surface area contributed by atoms with Gasteiger partial charge in [-0.25, -0.2) is 8.78 Å². The van der Waals surface area contributed by atoms with Crippen LogP contribution in [0.4, 0.5) is 8.78 Å². The molecule has 0 heterocycles. The maximum Gasteiger partial charge on any atom is 0.134 e. The highest BCUT2D eigenvalue weighted by Crippen LogP contribution is 2.45. The van der Waals surface area contributed by atoms with E-state index in [0.29, 0.717) is 18.3 Å². The molecule has 0 unspecified atom stereocenters. The summed E-state index contributed by atoms with van der Waals surface area (Å²) in [5.74, 6) is 0.998. The quantitative estimate of drug-likeness (QED) is 0.441. The van der Waals surface area contributed by atoms with Crippen molar-refractivity contribution in [3.8, 4) is 0 Å². The molecule has 148 valence electrons. The van der Waals surface area contributed by atoms with E-state index in [1.807, 2.05) is 0 Å². The van der Waals surface area contributed by atoms with E-state index in [-0.39, 0.29) is 12.3 Å². The number of hydrogen-bond acceptors (Lipinski definition) is 0. The van der Waals surface area contributed by atoms with Crippen molar-refractivity contribution in [2.75, 3.05) is 0 Å². The zero-order valence-corrected chi connectivity index (χ0v) is 16.7. The van der Waals surface area contributed by atoms with Gasteiger partial charge in [-0.15, -0.1) is 6.58 Å². The first kappa shape index (κ1) is 20.3. The summed E-state index contributed by atoms with van der Waals surface area (Å²) in [5, 5.41) is 0. The van der Waals surface area contributed by atoms with Gasteiger partial charge in [-0.2, -0.15) is 0 Å². The average molecular weight is 373 g/mol. The molecule has 0 aromatic heterocycles. The normalized spacial score (nSPS) is 29.9. The SMILES string of the molecule is C=CCC/C(F)=C(\F)C1CCC(C2CCC(c3ccc(C)cc3)CC2)CC1. The Morgan fingerprint density at radius 3 is 2.04 bits per heavy atom. The van der Waals surface area contributed by atoms with Gasteiger partial charge in [0, 0.05) is 12.3 Å². The molecule has 0 bridgehead atoms. The summed E-state index contributed by atoms with van der Waals surface area (Å²) in [5.41, 5.74) is 2.82. The lowest BCUT2D eigenvalue weighted by Crippen LogP contribution is -2.25. The molecule has 2 heteroatoms. The summed E-state index contributed by atoms with van der Waals surface area (Å²) < 4.78 is 28.2. The van der Waals surface area contributed by atoms with E-state index in [9.17, 15) is 8.78 Å². The molecule has 0 amide bonds. The number of aryl methyl sites for hydroxylation is 1. The lowest BCUT2D eigenvalue weighted by molar-refractivity contribution is 0.160. The molecule has 27 heavy (non-hydrogen) atoms. The van der Waals surface area contributed by atoms with Crippen LogP contribution in [0.2, 0.25) is 0 Å². The van der Waals surface area contributed by atoms with Crippen molar-refractivity contribution in [3.63, 3.8) is 0 Å². The summed E-state index contributed by atoms with van der Waals surface area (Å²) in [6.07, 6.45) is 11.2. The van der Waals surface area contributed by atoms with Gasteiger partial charge in [0.05, 0.1) is 0 Å². The fourth-order valence-corrected chi connectivity index (χ4v) is 5.18. The third-order valence-electron chi connectivity index (χ3n) is 6.94. The van der Waals surface area contributed by atoms with Gasteiger partial charge in [-0.1, -0.05) is 35.9 Å². The molecule has 0 radical (unpaired) electrons. The Morgan fingerprint density at radius 1 is 0.926 bits per heavy atom. The Bertz CT molecular complexity index is 627. The predicted molar refractivity (Wildman–Crippen MR) is 110 cm³/mol. The van der Waals surface area contributed by atoms with Crippen molar-refractivity contribution < 1.29 is 8.78 Å². The van der Waals surface area contributed by atoms with Crippen LogP contribution in [-0.4, -0.2) is 0 Å². The summed E-state index contributed by atoms with van der Waals surface area (Å²) in [4.78, 5) is 0. The number of halogens is 2. The average Bonchev–Trinajstić information content (AvgIpc) is 2.72. The fraction of sp³-hybridized carbons (Fsp3) is 0.600. The van der Waals surface area contributed by atoms with Crippen LogP contribution in [0.5, 0.6) is 0 Å². The Balaban J connectivity index is 1.47. The van der Waals surface area contributed by atoms with E-state index in [4.69, 9.17) is 0 Å². The molecule has 0 N–H and O–H groups in total. The van der Waals surface area contributed by atoms with Gasteiger partial charge in [-0.3, -0.25) is 0 Å². The fourth-order valence-electron chi connectivity index (χ4n) is 5.18. The summed E-state index contributed by atoms with van der Waals surface area (Å²) in [7, 11) is 0. The molecule has 2 aliphatic rings. The Morgan fingerprint density at radius 2 is 1.48 bits per heavy atom. The zero-order valence-electron chi connectivity index (χ0n) is 16.7. The summed E-state index contributed by atoms with van der Waals surface area (Å²) >= 11 is 0. The third-order valence-corrected chi connectivity index (χ3v) is 6.94. The second kappa shape index (κ2) is 9.66. The molecule has 2 fully saturated rings. The van der Waals surface area contributed by atoms with Crippen molar-refractivity contribution in [3.05, 3.63) is 59.7 Å². The second-order valence-corrected chi connectivity index (χ2v) is 8.71. The summed E-state index contributed by atoms with van der Waals surface area (Å²) in [6, 6.07) is 9.03. The Labute approximate surface area is 163 Å². The zero-order chi connectivity index (χ0) is 19.2. The van der Waals surface area contributed by atoms with E-state index in [0.717, 1.165) is 31.6 Å². The minimum absolute atomic E-state index is 0.165. The first-order chi connectivity index (χ1) is 13.1. The Kier molecular flexibility index (Phi) is 7.26. The van der Waals surface area contributed by atoms with Gasteiger partial charge in [0.1, 0.15) is 11.7 Å². The number of rotatable bonds is 6. The van der Waals surface area contributed by atoms with E-state index >= 15 is 0 Å². The molecule has 1 aromatic carbocycles. The van der Waals surface area contributed by atoms with Crippen LogP contribution in [0.15, 0.2) is 48.6 Å². The van der Waals surface area contributed by atoms with Gasteiger partial charge in [0.2, 0.25) is 0 Å². The van der Waals surface area contributed by atoms with Crippen LogP contribution in [0.25, 0.3) is 0 Å². The van der Waals surface area contributed by atoms with Gasteiger partial charge in [0.15, 0.2) is 0 Å². The first-order valence-corrected chi connectivity index (χ1v) is 10.8. The van der Waals surface area contributed by atoms with Crippen molar-refractivity contribution >= 4 is 0 Å². The van der Waals surface area contributed by atoms with Crippen molar-refractivity contribution in [2.45, 2.75) is 77.0 Å². The second-order valence-electron chi connectivity index (χ2n) is 8.71. The van der Waals surface area contributed by atoms with E-state index in [2.05, 4.69) is 37.8 Å². The molecule has 0 spiro atoms. The molecule has 3 rings (SSSR count). The number of allylic oxidation sites excluding steroid dienone is 3. The van der Waals surface area contributed by atoms with Crippen LogP contribution in [0.3, 0.4) is 0 Å². The molecule has 1 aromatic rings. The highest BCUT2D eigenvalue weighted by Gasteiger charge is 2.33. The van der Waals surface area contributed by atoms with Crippen molar-refractivity contribution in [1.29, 1.82) is 0 Å². The van der Waals surface area contributed by atoms with Gasteiger partial charge in [-0.05, 0) is 88.0 Å². The minimum Gasteiger partial charge on any atom is -0.209 e. The highest BCUT2D eigenvalue weighted by molar-refractivity contribution is 5.24. The van der Waals surface area contributed by atoms with Gasteiger partial charge < -0.3 is 0 Å². The molecule has 2 aliphatic carbocycles. The standard InChI is InChI=1S/C25H34F2/c1-3-4-5-24(26)25(27)23-16-14-22(15-17-23)21-12-10-20(11-13-21)19-8-6-18(2)7-9-19/h3,6-9,20-23H,1,4-5,10-17H2,2H3/b25-24+. The predicted octanol–water partition coefficient (Wildman–Crippen LogP) is 8.19. The molecular weight excluding hydrogens is 338 g/mol. The first-order valence-electron chi connectivity index (χ1n) is 10.8. The van der Waals surface area contributed by atoms with E-state index in [1.165, 1.54) is 36.8 Å². The van der Waals surface area contributed by atoms with Gasteiger partial charge in [0.25, 0.3) is 0 Å². The molecule has 0 aliphatic heterocycles. The van der Waals surface area contributed by atoms with Crippen molar-refractivity contribution in [1.82, 2.24) is 0 Å². The molecular formula is C25H34F2. The molecule has 0 nitrogen and oxygen atoms in total. The number of benzene rings is 1. The largest absolute Gasteiger partial charge is 0.209 e. The van der Waals surface area contributed by atoms with Crippen LogP contribution in [-0.2, 0) is 0 Å². The lowest BCUT2D eigenvalue weighted by atomic mass is 9.68. The third kappa shape index (κ3) is 5.30. The van der Waals surface area contributed by atoms with Gasteiger partial charge >= 0.3 is 0 Å². The molecule has 0 saturated heterocycles. The van der Waals surface area contributed by atoms with Crippen LogP contribution >= 0.6 is 0 Å². The highest BCUT2D eigenvalue weighted by atomic mass is 19.2. The molecule has 2 saturated carbocycles. The summed E-state index contributed by atoms with van der Waals surface area (Å²) in [6.45, 7) is 5.72. The van der Waals surface area contributed by atoms with Crippen LogP contribution in [0, 0.1) is 24.7 Å². The monoisotopic (exact) mass is 372 g/mol. The molecule has 0 atom stereocenters. The van der Waals surface area contributed by atoms with E-state index in [1.54, 1.807) is 6.08 Å². The van der Waals surface area contributed by atoms with Crippen molar-refractivity contribution in [2.24, 2.45) is 17.8 Å². The topological polar surface area (TPSA) is 0 Å². The minimum atomic E-state index is -0.544. The Hall–Kier alpha value is -1.44. The van der Waals surface area contributed by atoms with Crippen LogP contribution < -0.4 is 0 Å². The maximum atomic E-state index is 14.3.